The Hall–Kier alpha value is -0.870. The first kappa shape index (κ1) is 15.2. The van der Waals surface area contributed by atoms with E-state index in [-0.39, 0.29) is 11.5 Å². The van der Waals surface area contributed by atoms with Crippen molar-refractivity contribution in [3.63, 3.8) is 0 Å². The normalized spacial score (nSPS) is 12.6. The van der Waals surface area contributed by atoms with Crippen LogP contribution in [-0.4, -0.2) is 25.5 Å². The molecule has 18 heavy (non-hydrogen) atoms. The predicted octanol–water partition coefficient (Wildman–Crippen LogP) is 2.16. The molecule has 0 spiro atoms. The number of unbranched alkanes of at least 4 members (excludes halogenated alkanes) is 1. The summed E-state index contributed by atoms with van der Waals surface area (Å²) in [5.41, 5.74) is 6.36. The van der Waals surface area contributed by atoms with Gasteiger partial charge in [-0.3, -0.25) is 0 Å². The maximum absolute atomic E-state index is 11.8. The van der Waals surface area contributed by atoms with Crippen molar-refractivity contribution in [1.82, 2.24) is 0 Å². The molecule has 3 nitrogen and oxygen atoms in total. The van der Waals surface area contributed by atoms with Crippen molar-refractivity contribution in [2.75, 3.05) is 11.5 Å². The summed E-state index contributed by atoms with van der Waals surface area (Å²) in [4.78, 5) is 0. The maximum Gasteiger partial charge on any atom is 0.152 e. The molecule has 0 heterocycles. The summed E-state index contributed by atoms with van der Waals surface area (Å²) in [7, 11) is -3.02. The smallest absolute Gasteiger partial charge is 0.152 e. The van der Waals surface area contributed by atoms with Crippen molar-refractivity contribution in [3.8, 4) is 0 Å². The van der Waals surface area contributed by atoms with E-state index in [9.17, 15) is 8.42 Å². The quantitative estimate of drug-likeness (QED) is 0.772. The second-order valence-corrected chi connectivity index (χ2v) is 7.71. The summed E-state index contributed by atoms with van der Waals surface area (Å²) < 4.78 is 23.6. The van der Waals surface area contributed by atoms with Crippen molar-refractivity contribution < 1.29 is 8.42 Å². The highest BCUT2D eigenvalue weighted by molar-refractivity contribution is 7.91. The second kappa shape index (κ2) is 6.34. The van der Waals surface area contributed by atoms with E-state index in [0.29, 0.717) is 6.42 Å². The minimum absolute atomic E-state index is 0.0609. The Bertz CT molecular complexity index is 446. The van der Waals surface area contributed by atoms with E-state index < -0.39 is 15.4 Å². The lowest BCUT2D eigenvalue weighted by Crippen LogP contribution is -2.40. The van der Waals surface area contributed by atoms with Gasteiger partial charge in [-0.1, -0.05) is 30.3 Å². The minimum atomic E-state index is -3.02. The van der Waals surface area contributed by atoms with Crippen LogP contribution in [0.15, 0.2) is 30.3 Å². The van der Waals surface area contributed by atoms with Gasteiger partial charge in [0, 0.05) is 5.54 Å². The van der Waals surface area contributed by atoms with Crippen LogP contribution in [0.25, 0.3) is 0 Å². The van der Waals surface area contributed by atoms with Gasteiger partial charge in [0.1, 0.15) is 0 Å². The lowest BCUT2D eigenvalue weighted by molar-refractivity contribution is 0.542. The molecule has 0 aliphatic heterocycles. The number of hydrogen-bond donors (Lipinski definition) is 1. The van der Waals surface area contributed by atoms with Crippen molar-refractivity contribution >= 4 is 9.84 Å². The highest BCUT2D eigenvalue weighted by atomic mass is 32.2. The predicted molar refractivity (Wildman–Crippen MR) is 76.3 cm³/mol. The monoisotopic (exact) mass is 269 g/mol. The standard InChI is InChI=1S/C14H23NO2S/c1-14(2,15)12-18(16,17)11-7-6-10-13-8-4-3-5-9-13/h3-5,8-9H,6-7,10-12,15H2,1-2H3. The van der Waals surface area contributed by atoms with Crippen molar-refractivity contribution in [2.45, 2.75) is 38.6 Å². The van der Waals surface area contributed by atoms with Gasteiger partial charge < -0.3 is 5.73 Å². The SMILES string of the molecule is CC(C)(N)CS(=O)(=O)CCCCc1ccccc1. The second-order valence-electron chi connectivity index (χ2n) is 5.52. The van der Waals surface area contributed by atoms with Crippen LogP contribution in [0.5, 0.6) is 0 Å². The van der Waals surface area contributed by atoms with E-state index in [0.717, 1.165) is 12.8 Å². The number of aryl methyl sites for hydroxylation is 1. The molecule has 0 aliphatic rings. The summed E-state index contributed by atoms with van der Waals surface area (Å²) in [5, 5.41) is 0. The Morgan fingerprint density at radius 2 is 1.72 bits per heavy atom. The number of benzene rings is 1. The molecule has 1 aromatic carbocycles. The number of rotatable bonds is 7. The Balaban J connectivity index is 2.30. The van der Waals surface area contributed by atoms with Gasteiger partial charge in [0.2, 0.25) is 0 Å². The third-order valence-electron chi connectivity index (χ3n) is 2.61. The fourth-order valence-electron chi connectivity index (χ4n) is 1.93. The zero-order valence-corrected chi connectivity index (χ0v) is 12.0. The zero-order valence-electron chi connectivity index (χ0n) is 11.2. The van der Waals surface area contributed by atoms with Gasteiger partial charge in [0.25, 0.3) is 0 Å². The summed E-state index contributed by atoms with van der Waals surface area (Å²) in [6.07, 6.45) is 2.53. The van der Waals surface area contributed by atoms with Crippen molar-refractivity contribution in [2.24, 2.45) is 5.73 Å². The summed E-state index contributed by atoms with van der Waals surface area (Å²) in [6, 6.07) is 10.1. The molecule has 1 rings (SSSR count). The molecule has 0 saturated carbocycles. The fourth-order valence-corrected chi connectivity index (χ4v) is 3.86. The summed E-state index contributed by atoms with van der Waals surface area (Å²) in [6.45, 7) is 3.49. The molecule has 0 atom stereocenters. The van der Waals surface area contributed by atoms with E-state index >= 15 is 0 Å². The lowest BCUT2D eigenvalue weighted by atomic mass is 10.1. The van der Waals surface area contributed by atoms with Crippen LogP contribution in [0.1, 0.15) is 32.3 Å². The maximum atomic E-state index is 11.8. The molecule has 102 valence electrons. The van der Waals surface area contributed by atoms with Gasteiger partial charge in [0.15, 0.2) is 9.84 Å². The van der Waals surface area contributed by atoms with Crippen LogP contribution < -0.4 is 5.73 Å². The highest BCUT2D eigenvalue weighted by Crippen LogP contribution is 2.09. The fraction of sp³-hybridized carbons (Fsp3) is 0.571. The third-order valence-corrected chi connectivity index (χ3v) is 4.70. The van der Waals surface area contributed by atoms with Crippen LogP contribution in [0.2, 0.25) is 0 Å². The minimum Gasteiger partial charge on any atom is -0.325 e. The molecule has 4 heteroatoms. The van der Waals surface area contributed by atoms with Gasteiger partial charge in [-0.05, 0) is 38.7 Å². The molecule has 0 unspecified atom stereocenters. The Morgan fingerprint density at radius 1 is 1.11 bits per heavy atom. The first-order chi connectivity index (χ1) is 8.29. The molecule has 0 fully saturated rings. The largest absolute Gasteiger partial charge is 0.325 e. The van der Waals surface area contributed by atoms with Crippen LogP contribution in [0.3, 0.4) is 0 Å². The molecule has 1 aromatic rings. The molecule has 0 amide bonds. The van der Waals surface area contributed by atoms with Crippen LogP contribution in [-0.2, 0) is 16.3 Å². The van der Waals surface area contributed by atoms with Gasteiger partial charge in [-0.25, -0.2) is 8.42 Å². The van der Waals surface area contributed by atoms with E-state index in [1.807, 2.05) is 18.2 Å². The number of nitrogens with two attached hydrogens (primary N) is 1. The average Bonchev–Trinajstić information content (AvgIpc) is 2.23. The van der Waals surface area contributed by atoms with E-state index in [4.69, 9.17) is 5.73 Å². The Kier molecular flexibility index (Phi) is 5.35. The molecular weight excluding hydrogens is 246 g/mol. The summed E-state index contributed by atoms with van der Waals surface area (Å²) >= 11 is 0. The van der Waals surface area contributed by atoms with Crippen LogP contribution >= 0.6 is 0 Å². The molecule has 0 aromatic heterocycles. The molecule has 0 bridgehead atoms. The van der Waals surface area contributed by atoms with Gasteiger partial charge in [-0.15, -0.1) is 0 Å². The molecule has 0 saturated heterocycles. The van der Waals surface area contributed by atoms with Gasteiger partial charge >= 0.3 is 0 Å². The Morgan fingerprint density at radius 3 is 2.28 bits per heavy atom. The first-order valence-corrected chi connectivity index (χ1v) is 8.14. The summed E-state index contributed by atoms with van der Waals surface area (Å²) in [5.74, 6) is 0.297. The third kappa shape index (κ3) is 6.77. The highest BCUT2D eigenvalue weighted by Gasteiger charge is 2.21. The van der Waals surface area contributed by atoms with Crippen molar-refractivity contribution in [1.29, 1.82) is 0 Å². The van der Waals surface area contributed by atoms with Crippen molar-refractivity contribution in [3.05, 3.63) is 35.9 Å². The number of hydrogen-bond acceptors (Lipinski definition) is 3. The molecule has 0 aliphatic carbocycles. The van der Waals surface area contributed by atoms with E-state index in [1.54, 1.807) is 13.8 Å². The molecule has 2 N–H and O–H groups in total. The van der Waals surface area contributed by atoms with Crippen LogP contribution in [0.4, 0.5) is 0 Å². The van der Waals surface area contributed by atoms with Gasteiger partial charge in [0.05, 0.1) is 11.5 Å². The first-order valence-electron chi connectivity index (χ1n) is 6.32. The van der Waals surface area contributed by atoms with Crippen LogP contribution in [0, 0.1) is 0 Å². The zero-order chi connectivity index (χ0) is 13.6. The molecule has 0 radical (unpaired) electrons. The topological polar surface area (TPSA) is 60.2 Å². The van der Waals surface area contributed by atoms with E-state index in [1.165, 1.54) is 5.56 Å². The Labute approximate surface area is 110 Å². The average molecular weight is 269 g/mol. The van der Waals surface area contributed by atoms with E-state index in [2.05, 4.69) is 12.1 Å². The molecular formula is C14H23NO2S. The van der Waals surface area contributed by atoms with Gasteiger partial charge in [-0.2, -0.15) is 0 Å². The lowest BCUT2D eigenvalue weighted by Gasteiger charge is -2.18. The number of sulfone groups is 1.